The fraction of sp³-hybridized carbons (Fsp3) is 0.238. The molecule has 1 saturated carbocycles. The van der Waals surface area contributed by atoms with E-state index in [1.54, 1.807) is 6.07 Å². The molecular weight excluding hydrogens is 328 g/mol. The van der Waals surface area contributed by atoms with Gasteiger partial charge in [0, 0.05) is 23.6 Å². The van der Waals surface area contributed by atoms with Crippen molar-refractivity contribution in [3.63, 3.8) is 0 Å². The van der Waals surface area contributed by atoms with Crippen molar-refractivity contribution in [1.82, 2.24) is 10.5 Å². The number of rotatable bonds is 6. The molecule has 0 bridgehead atoms. The van der Waals surface area contributed by atoms with Crippen molar-refractivity contribution in [1.29, 1.82) is 0 Å². The SMILES string of the molecule is CCOc1cccc([C@@H]2C[C@@H]2NC(=O)c2cc(-c3ccccc3)on2)c1. The van der Waals surface area contributed by atoms with Crippen LogP contribution in [0.2, 0.25) is 0 Å². The number of hydrogen-bond donors (Lipinski definition) is 1. The monoisotopic (exact) mass is 348 g/mol. The first kappa shape index (κ1) is 16.4. The highest BCUT2D eigenvalue weighted by Crippen LogP contribution is 2.41. The highest BCUT2D eigenvalue weighted by Gasteiger charge is 2.40. The van der Waals surface area contributed by atoms with Gasteiger partial charge in [-0.3, -0.25) is 4.79 Å². The average molecular weight is 348 g/mol. The number of hydrogen-bond acceptors (Lipinski definition) is 4. The summed E-state index contributed by atoms with van der Waals surface area (Å²) >= 11 is 0. The Morgan fingerprint density at radius 3 is 2.85 bits per heavy atom. The van der Waals surface area contributed by atoms with Crippen molar-refractivity contribution in [3.8, 4) is 17.1 Å². The smallest absolute Gasteiger partial charge is 0.273 e. The minimum atomic E-state index is -0.204. The third kappa shape index (κ3) is 3.47. The van der Waals surface area contributed by atoms with Crippen LogP contribution in [-0.2, 0) is 0 Å². The average Bonchev–Trinajstić information content (AvgIpc) is 3.25. The highest BCUT2D eigenvalue weighted by atomic mass is 16.5. The predicted molar refractivity (Wildman–Crippen MR) is 98.2 cm³/mol. The van der Waals surface area contributed by atoms with Gasteiger partial charge in [-0.1, -0.05) is 47.6 Å². The molecule has 0 spiro atoms. The van der Waals surface area contributed by atoms with E-state index in [4.69, 9.17) is 9.26 Å². The van der Waals surface area contributed by atoms with E-state index in [1.165, 1.54) is 5.56 Å². The highest BCUT2D eigenvalue weighted by molar-refractivity contribution is 5.93. The molecule has 0 unspecified atom stereocenters. The van der Waals surface area contributed by atoms with Gasteiger partial charge in [0.05, 0.1) is 6.61 Å². The van der Waals surface area contributed by atoms with E-state index in [0.29, 0.717) is 24.0 Å². The molecule has 1 heterocycles. The largest absolute Gasteiger partial charge is 0.494 e. The van der Waals surface area contributed by atoms with Crippen LogP contribution in [0.15, 0.2) is 65.2 Å². The standard InChI is InChI=1S/C21H20N2O3/c1-2-25-16-10-6-9-15(11-16)17-12-18(17)22-21(24)19-13-20(26-23-19)14-7-4-3-5-8-14/h3-11,13,17-18H,2,12H2,1H3,(H,22,24)/t17-,18-/m0/s1. The fourth-order valence-electron chi connectivity index (χ4n) is 3.09. The lowest BCUT2D eigenvalue weighted by atomic mass is 10.1. The Morgan fingerprint density at radius 2 is 2.04 bits per heavy atom. The summed E-state index contributed by atoms with van der Waals surface area (Å²) < 4.78 is 10.8. The number of carbonyl (C=O) groups is 1. The first-order valence-electron chi connectivity index (χ1n) is 8.80. The lowest BCUT2D eigenvalue weighted by molar-refractivity contribution is 0.0941. The summed E-state index contributed by atoms with van der Waals surface area (Å²) in [7, 11) is 0. The Bertz CT molecular complexity index is 904. The third-order valence-electron chi connectivity index (χ3n) is 4.51. The lowest BCUT2D eigenvalue weighted by Gasteiger charge is -2.06. The number of aromatic nitrogens is 1. The molecule has 0 radical (unpaired) electrons. The van der Waals surface area contributed by atoms with E-state index in [1.807, 2.05) is 55.5 Å². The topological polar surface area (TPSA) is 64.4 Å². The molecule has 2 atom stereocenters. The minimum Gasteiger partial charge on any atom is -0.494 e. The van der Waals surface area contributed by atoms with E-state index in [0.717, 1.165) is 17.7 Å². The van der Waals surface area contributed by atoms with Crippen molar-refractivity contribution in [3.05, 3.63) is 71.9 Å². The Labute approximate surface area is 152 Å². The summed E-state index contributed by atoms with van der Waals surface area (Å²) in [6.07, 6.45) is 0.921. The summed E-state index contributed by atoms with van der Waals surface area (Å²) in [4.78, 5) is 12.4. The second-order valence-electron chi connectivity index (χ2n) is 6.37. The molecular formula is C21H20N2O3. The van der Waals surface area contributed by atoms with Crippen molar-refractivity contribution in [2.24, 2.45) is 0 Å². The second kappa shape index (κ2) is 7.04. The number of benzene rings is 2. The molecule has 26 heavy (non-hydrogen) atoms. The van der Waals surface area contributed by atoms with Crippen LogP contribution < -0.4 is 10.1 Å². The van der Waals surface area contributed by atoms with Gasteiger partial charge >= 0.3 is 0 Å². The van der Waals surface area contributed by atoms with Crippen molar-refractivity contribution in [2.75, 3.05) is 6.61 Å². The summed E-state index contributed by atoms with van der Waals surface area (Å²) in [5.74, 6) is 1.57. The van der Waals surface area contributed by atoms with Gasteiger partial charge in [-0.25, -0.2) is 0 Å². The number of carbonyl (C=O) groups excluding carboxylic acids is 1. The summed E-state index contributed by atoms with van der Waals surface area (Å²) in [6, 6.07) is 19.5. The second-order valence-corrected chi connectivity index (χ2v) is 6.37. The first-order chi connectivity index (χ1) is 12.7. The zero-order valence-corrected chi connectivity index (χ0v) is 14.5. The molecule has 0 saturated heterocycles. The van der Waals surface area contributed by atoms with Gasteiger partial charge in [0.2, 0.25) is 0 Å². The van der Waals surface area contributed by atoms with Crippen LogP contribution >= 0.6 is 0 Å². The fourth-order valence-corrected chi connectivity index (χ4v) is 3.09. The first-order valence-corrected chi connectivity index (χ1v) is 8.80. The van der Waals surface area contributed by atoms with Crippen molar-refractivity contribution >= 4 is 5.91 Å². The summed E-state index contributed by atoms with van der Waals surface area (Å²) in [5, 5.41) is 6.94. The quantitative estimate of drug-likeness (QED) is 0.730. The van der Waals surface area contributed by atoms with E-state index in [2.05, 4.69) is 16.5 Å². The number of nitrogens with one attached hydrogen (secondary N) is 1. The van der Waals surface area contributed by atoms with E-state index >= 15 is 0 Å². The third-order valence-corrected chi connectivity index (χ3v) is 4.51. The molecule has 2 aromatic carbocycles. The van der Waals surface area contributed by atoms with Gasteiger partial charge in [0.25, 0.3) is 5.91 Å². The Morgan fingerprint density at radius 1 is 1.19 bits per heavy atom. The zero-order valence-electron chi connectivity index (χ0n) is 14.5. The minimum absolute atomic E-state index is 0.122. The van der Waals surface area contributed by atoms with Gasteiger partial charge in [0.15, 0.2) is 11.5 Å². The molecule has 1 fully saturated rings. The molecule has 1 aliphatic carbocycles. The zero-order chi connectivity index (χ0) is 17.9. The normalized spacial score (nSPS) is 18.3. The maximum atomic E-state index is 12.4. The Kier molecular flexibility index (Phi) is 4.44. The lowest BCUT2D eigenvalue weighted by Crippen LogP contribution is -2.26. The maximum Gasteiger partial charge on any atom is 0.273 e. The van der Waals surface area contributed by atoms with Crippen molar-refractivity contribution in [2.45, 2.75) is 25.3 Å². The Balaban J connectivity index is 1.39. The predicted octanol–water partition coefficient (Wildman–Crippen LogP) is 4.03. The molecule has 4 rings (SSSR count). The van der Waals surface area contributed by atoms with Crippen LogP contribution in [-0.4, -0.2) is 23.7 Å². The van der Waals surface area contributed by atoms with Gasteiger partial charge in [0.1, 0.15) is 5.75 Å². The molecule has 5 nitrogen and oxygen atoms in total. The molecule has 1 aromatic heterocycles. The van der Waals surface area contributed by atoms with Gasteiger partial charge in [-0.05, 0) is 31.0 Å². The molecule has 1 N–H and O–H groups in total. The molecule has 132 valence electrons. The molecule has 1 amide bonds. The number of nitrogens with zero attached hydrogens (tertiary/aromatic N) is 1. The van der Waals surface area contributed by atoms with Crippen LogP contribution in [0.1, 0.15) is 35.3 Å². The van der Waals surface area contributed by atoms with E-state index in [9.17, 15) is 4.79 Å². The van der Waals surface area contributed by atoms with Crippen LogP contribution in [0.3, 0.4) is 0 Å². The van der Waals surface area contributed by atoms with Crippen LogP contribution in [0.5, 0.6) is 5.75 Å². The Hall–Kier alpha value is -3.08. The van der Waals surface area contributed by atoms with Crippen molar-refractivity contribution < 1.29 is 14.1 Å². The van der Waals surface area contributed by atoms with Crippen LogP contribution in [0.25, 0.3) is 11.3 Å². The van der Waals surface area contributed by atoms with Gasteiger partial charge in [-0.2, -0.15) is 0 Å². The molecule has 1 aliphatic rings. The molecule has 5 heteroatoms. The summed E-state index contributed by atoms with van der Waals surface area (Å²) in [6.45, 7) is 2.61. The summed E-state index contributed by atoms with van der Waals surface area (Å²) in [5.41, 5.74) is 2.39. The van der Waals surface area contributed by atoms with Gasteiger partial charge in [-0.15, -0.1) is 0 Å². The number of amides is 1. The van der Waals surface area contributed by atoms with Crippen LogP contribution in [0.4, 0.5) is 0 Å². The maximum absolute atomic E-state index is 12.4. The van der Waals surface area contributed by atoms with Gasteiger partial charge < -0.3 is 14.6 Å². The molecule has 0 aliphatic heterocycles. The van der Waals surface area contributed by atoms with E-state index in [-0.39, 0.29) is 11.9 Å². The van der Waals surface area contributed by atoms with Crippen LogP contribution in [0, 0.1) is 0 Å². The number of ether oxygens (including phenoxy) is 1. The molecule has 3 aromatic rings. The van der Waals surface area contributed by atoms with E-state index < -0.39 is 0 Å².